The third kappa shape index (κ3) is 2.74. The highest BCUT2D eigenvalue weighted by molar-refractivity contribution is 14.1. The molecule has 0 aliphatic rings. The second kappa shape index (κ2) is 5.26. The van der Waals surface area contributed by atoms with E-state index in [9.17, 15) is 4.79 Å². The zero-order chi connectivity index (χ0) is 12.4. The van der Waals surface area contributed by atoms with E-state index in [1.165, 1.54) is 0 Å². The van der Waals surface area contributed by atoms with Gasteiger partial charge < -0.3 is 4.98 Å². The predicted molar refractivity (Wildman–Crippen MR) is 77.4 cm³/mol. The average Bonchev–Trinajstić information content (AvgIpc) is 2.71. The summed E-state index contributed by atoms with van der Waals surface area (Å²) in [7, 11) is 0. The molecular formula is C11H12IN3OS. The number of H-pyrrole nitrogens is 1. The molecule has 2 heterocycles. The summed E-state index contributed by atoms with van der Waals surface area (Å²) in [6.07, 6.45) is 1.79. The van der Waals surface area contributed by atoms with Gasteiger partial charge in [-0.3, -0.25) is 4.79 Å². The van der Waals surface area contributed by atoms with Crippen LogP contribution in [0.1, 0.15) is 24.0 Å². The van der Waals surface area contributed by atoms with E-state index < -0.39 is 0 Å². The summed E-state index contributed by atoms with van der Waals surface area (Å²) in [6, 6.07) is 0. The van der Waals surface area contributed by atoms with Crippen molar-refractivity contribution in [1.82, 2.24) is 15.0 Å². The number of nitrogens with zero attached hydrogens (tertiary/aromatic N) is 2. The van der Waals surface area contributed by atoms with Crippen molar-refractivity contribution in [3.05, 3.63) is 30.0 Å². The van der Waals surface area contributed by atoms with Crippen LogP contribution in [0.4, 0.5) is 0 Å². The van der Waals surface area contributed by atoms with Crippen molar-refractivity contribution < 1.29 is 0 Å². The fourth-order valence-corrected chi connectivity index (χ4v) is 2.62. The normalized spacial score (nSPS) is 10.8. The van der Waals surface area contributed by atoms with Gasteiger partial charge in [0, 0.05) is 5.38 Å². The minimum Gasteiger partial charge on any atom is -0.304 e. The molecule has 90 valence electrons. The Balaban J connectivity index is 2.52. The van der Waals surface area contributed by atoms with Crippen molar-refractivity contribution in [3.8, 4) is 11.5 Å². The van der Waals surface area contributed by atoms with Gasteiger partial charge in [0.2, 0.25) is 0 Å². The maximum atomic E-state index is 11.8. The number of nitrogens with one attached hydrogen (secondary N) is 1. The van der Waals surface area contributed by atoms with Crippen LogP contribution in [0.5, 0.6) is 0 Å². The van der Waals surface area contributed by atoms with Gasteiger partial charge in [-0.15, -0.1) is 11.3 Å². The molecule has 0 aromatic carbocycles. The smallest absolute Gasteiger partial charge is 0.264 e. The van der Waals surface area contributed by atoms with Gasteiger partial charge in [-0.1, -0.05) is 13.3 Å². The molecule has 0 radical (unpaired) electrons. The van der Waals surface area contributed by atoms with Crippen LogP contribution in [0, 0.1) is 10.5 Å². The Bertz CT molecular complexity index is 591. The summed E-state index contributed by atoms with van der Waals surface area (Å²) >= 11 is 3.60. The second-order valence-electron chi connectivity index (χ2n) is 3.68. The van der Waals surface area contributed by atoms with Crippen molar-refractivity contribution in [2.75, 3.05) is 0 Å². The molecule has 0 aliphatic heterocycles. The number of aromatic nitrogens is 3. The number of rotatable bonds is 3. The molecule has 2 aromatic rings. The summed E-state index contributed by atoms with van der Waals surface area (Å²) in [6.45, 7) is 4.01. The molecule has 6 heteroatoms. The number of aromatic amines is 1. The molecule has 0 fully saturated rings. The largest absolute Gasteiger partial charge is 0.304 e. The van der Waals surface area contributed by atoms with Crippen molar-refractivity contribution in [2.45, 2.75) is 26.7 Å². The molecule has 0 saturated carbocycles. The van der Waals surface area contributed by atoms with E-state index in [4.69, 9.17) is 0 Å². The van der Waals surface area contributed by atoms with Crippen LogP contribution >= 0.6 is 33.9 Å². The molecule has 0 atom stereocenters. The van der Waals surface area contributed by atoms with Crippen LogP contribution in [0.25, 0.3) is 11.5 Å². The molecular weight excluding hydrogens is 349 g/mol. The fraction of sp³-hybridized carbons (Fsp3) is 0.364. The molecule has 1 N–H and O–H groups in total. The topological polar surface area (TPSA) is 58.6 Å². The molecule has 0 bridgehead atoms. The monoisotopic (exact) mass is 361 g/mol. The lowest BCUT2D eigenvalue weighted by atomic mass is 10.2. The summed E-state index contributed by atoms with van der Waals surface area (Å²) < 4.78 is 0.681. The second-order valence-corrected chi connectivity index (χ2v) is 5.82. The lowest BCUT2D eigenvalue weighted by molar-refractivity contribution is 0.859. The van der Waals surface area contributed by atoms with Crippen LogP contribution in [0.15, 0.2) is 10.2 Å². The van der Waals surface area contributed by atoms with E-state index >= 15 is 0 Å². The quantitative estimate of drug-likeness (QED) is 0.856. The SMILES string of the molecule is CCCc1nc(-c2csc(C)n2)[nH]c(=O)c1I. The van der Waals surface area contributed by atoms with E-state index in [2.05, 4.69) is 21.9 Å². The van der Waals surface area contributed by atoms with Gasteiger partial charge in [0.05, 0.1) is 14.3 Å². The van der Waals surface area contributed by atoms with E-state index in [1.807, 2.05) is 34.9 Å². The standard InChI is InChI=1S/C11H12IN3OS/c1-3-4-7-9(12)11(16)15-10(14-7)8-5-17-6(2)13-8/h5H,3-4H2,1-2H3,(H,14,15,16). The van der Waals surface area contributed by atoms with Gasteiger partial charge >= 0.3 is 0 Å². The van der Waals surface area contributed by atoms with Crippen LogP contribution in [0.3, 0.4) is 0 Å². The highest BCUT2D eigenvalue weighted by Gasteiger charge is 2.11. The minimum absolute atomic E-state index is 0.0790. The molecule has 0 spiro atoms. The Morgan fingerprint density at radius 2 is 2.24 bits per heavy atom. The van der Waals surface area contributed by atoms with Crippen molar-refractivity contribution >= 4 is 33.9 Å². The van der Waals surface area contributed by atoms with Gasteiger partial charge in [-0.2, -0.15) is 0 Å². The number of thiazole rings is 1. The zero-order valence-corrected chi connectivity index (χ0v) is 12.6. The van der Waals surface area contributed by atoms with Crippen molar-refractivity contribution in [1.29, 1.82) is 0 Å². The third-order valence-electron chi connectivity index (χ3n) is 2.28. The van der Waals surface area contributed by atoms with Crippen LogP contribution < -0.4 is 5.56 Å². The van der Waals surface area contributed by atoms with Gasteiger partial charge in [-0.25, -0.2) is 9.97 Å². The van der Waals surface area contributed by atoms with E-state index in [1.54, 1.807) is 11.3 Å². The Labute approximate surface area is 117 Å². The molecule has 0 amide bonds. The van der Waals surface area contributed by atoms with E-state index in [-0.39, 0.29) is 5.56 Å². The van der Waals surface area contributed by atoms with Crippen LogP contribution in [-0.4, -0.2) is 15.0 Å². The minimum atomic E-state index is -0.0790. The summed E-state index contributed by atoms with van der Waals surface area (Å²) in [4.78, 5) is 23.4. The molecule has 0 unspecified atom stereocenters. The first kappa shape index (κ1) is 12.7. The Hall–Kier alpha value is -0.760. The first-order valence-electron chi connectivity index (χ1n) is 5.33. The van der Waals surface area contributed by atoms with Crippen molar-refractivity contribution in [2.24, 2.45) is 0 Å². The van der Waals surface area contributed by atoms with Gasteiger partial charge in [-0.05, 0) is 35.9 Å². The zero-order valence-electron chi connectivity index (χ0n) is 9.58. The average molecular weight is 361 g/mol. The van der Waals surface area contributed by atoms with Gasteiger partial charge in [0.25, 0.3) is 5.56 Å². The lowest BCUT2D eigenvalue weighted by Gasteiger charge is -2.03. The van der Waals surface area contributed by atoms with Gasteiger partial charge in [0.1, 0.15) is 5.69 Å². The molecule has 2 aromatic heterocycles. The highest BCUT2D eigenvalue weighted by Crippen LogP contribution is 2.18. The maximum absolute atomic E-state index is 11.8. The molecule has 0 saturated heterocycles. The van der Waals surface area contributed by atoms with Gasteiger partial charge in [0.15, 0.2) is 5.82 Å². The number of hydrogen-bond donors (Lipinski definition) is 1. The molecule has 2 rings (SSSR count). The van der Waals surface area contributed by atoms with Crippen molar-refractivity contribution in [3.63, 3.8) is 0 Å². The Kier molecular flexibility index (Phi) is 3.93. The fourth-order valence-electron chi connectivity index (χ4n) is 1.50. The third-order valence-corrected chi connectivity index (χ3v) is 4.17. The Morgan fingerprint density at radius 1 is 1.47 bits per heavy atom. The first-order chi connectivity index (χ1) is 8.11. The first-order valence-corrected chi connectivity index (χ1v) is 7.29. The number of hydrogen-bond acceptors (Lipinski definition) is 4. The lowest BCUT2D eigenvalue weighted by Crippen LogP contribution is -2.16. The van der Waals surface area contributed by atoms with E-state index in [0.717, 1.165) is 29.2 Å². The predicted octanol–water partition coefficient (Wildman–Crippen LogP) is 2.76. The van der Waals surface area contributed by atoms with Crippen LogP contribution in [-0.2, 0) is 6.42 Å². The number of aryl methyl sites for hydroxylation is 2. The Morgan fingerprint density at radius 3 is 2.82 bits per heavy atom. The molecule has 17 heavy (non-hydrogen) atoms. The summed E-state index contributed by atoms with van der Waals surface area (Å²) in [5, 5.41) is 2.88. The highest BCUT2D eigenvalue weighted by atomic mass is 127. The summed E-state index contributed by atoms with van der Waals surface area (Å²) in [5.41, 5.74) is 1.53. The van der Waals surface area contributed by atoms with E-state index in [0.29, 0.717) is 9.39 Å². The molecule has 0 aliphatic carbocycles. The maximum Gasteiger partial charge on any atom is 0.264 e. The molecule has 4 nitrogen and oxygen atoms in total. The number of halogens is 1. The van der Waals surface area contributed by atoms with Crippen LogP contribution in [0.2, 0.25) is 0 Å². The summed E-state index contributed by atoms with van der Waals surface area (Å²) in [5.74, 6) is 0.572.